The van der Waals surface area contributed by atoms with Gasteiger partial charge in [0.2, 0.25) is 5.91 Å². The van der Waals surface area contributed by atoms with Crippen LogP contribution in [0.1, 0.15) is 33.6 Å². The number of non-ortho nitro benzene ring substituents is 1. The van der Waals surface area contributed by atoms with Crippen LogP contribution in [0.5, 0.6) is 0 Å². The van der Waals surface area contributed by atoms with E-state index < -0.39 is 21.8 Å². The van der Waals surface area contributed by atoms with E-state index in [4.69, 9.17) is 0 Å². The molecule has 0 bridgehead atoms. The van der Waals surface area contributed by atoms with Crippen molar-refractivity contribution in [1.29, 1.82) is 0 Å². The number of nitro groups is 1. The average molecular weight is 407 g/mol. The number of carbonyl (C=O) groups is 2. The van der Waals surface area contributed by atoms with Gasteiger partial charge in [0, 0.05) is 29.3 Å². The minimum Gasteiger partial charge on any atom is -0.480 e. The van der Waals surface area contributed by atoms with Crippen molar-refractivity contribution < 1.29 is 19.6 Å². The molecule has 3 rings (SSSR count). The third-order valence-corrected chi connectivity index (χ3v) is 6.77. The van der Waals surface area contributed by atoms with E-state index in [0.717, 1.165) is 6.42 Å². The van der Waals surface area contributed by atoms with Gasteiger partial charge in [-0.05, 0) is 30.9 Å². The normalized spacial score (nSPS) is 22.8. The van der Waals surface area contributed by atoms with Crippen molar-refractivity contribution >= 4 is 35.0 Å². The van der Waals surface area contributed by atoms with Gasteiger partial charge in [-0.25, -0.2) is 0 Å². The summed E-state index contributed by atoms with van der Waals surface area (Å²) in [6.45, 7) is 6.77. The Hall–Kier alpha value is -2.13. The number of carbonyl (C=O) groups excluding carboxylic acids is 1. The summed E-state index contributed by atoms with van der Waals surface area (Å²) in [7, 11) is 0. The van der Waals surface area contributed by atoms with Crippen molar-refractivity contribution in [3.05, 3.63) is 28.3 Å². The summed E-state index contributed by atoms with van der Waals surface area (Å²) in [4.78, 5) is 40.0. The molecule has 1 amide bonds. The first-order valence-electron chi connectivity index (χ1n) is 9.28. The van der Waals surface area contributed by atoms with Gasteiger partial charge in [0.05, 0.1) is 17.2 Å². The lowest BCUT2D eigenvalue weighted by Crippen LogP contribution is -2.61. The van der Waals surface area contributed by atoms with Crippen molar-refractivity contribution in [3.63, 3.8) is 0 Å². The minimum atomic E-state index is -1.08. The third kappa shape index (κ3) is 3.37. The zero-order valence-electron chi connectivity index (χ0n) is 16.3. The van der Waals surface area contributed by atoms with Gasteiger partial charge in [-0.2, -0.15) is 0 Å². The number of hydrogen-bond acceptors (Lipinski definition) is 6. The molecule has 0 spiro atoms. The highest BCUT2D eigenvalue weighted by Gasteiger charge is 2.56. The van der Waals surface area contributed by atoms with Crippen LogP contribution in [-0.4, -0.2) is 57.7 Å². The maximum absolute atomic E-state index is 13.1. The molecule has 0 saturated carbocycles. The molecule has 1 saturated heterocycles. The molecule has 0 radical (unpaired) electrons. The first-order chi connectivity index (χ1) is 13.1. The van der Waals surface area contributed by atoms with Crippen LogP contribution >= 0.6 is 11.8 Å². The molecule has 28 heavy (non-hydrogen) atoms. The molecule has 1 atom stereocenters. The monoisotopic (exact) mass is 407 g/mol. The van der Waals surface area contributed by atoms with Crippen LogP contribution in [0.15, 0.2) is 23.1 Å². The number of rotatable bonds is 4. The summed E-state index contributed by atoms with van der Waals surface area (Å²) in [5.74, 6) is -0.425. The molecule has 1 fully saturated rings. The predicted molar refractivity (Wildman–Crippen MR) is 107 cm³/mol. The van der Waals surface area contributed by atoms with E-state index in [-0.39, 0.29) is 18.1 Å². The molecule has 2 aliphatic heterocycles. The predicted octanol–water partition coefficient (Wildman–Crippen LogP) is 3.00. The second-order valence-corrected chi connectivity index (χ2v) is 9.38. The quantitative estimate of drug-likeness (QED) is 0.604. The van der Waals surface area contributed by atoms with Crippen molar-refractivity contribution in [2.24, 2.45) is 5.41 Å². The maximum Gasteiger partial charge on any atom is 0.324 e. The third-order valence-electron chi connectivity index (χ3n) is 5.75. The molecule has 2 aliphatic rings. The smallest absolute Gasteiger partial charge is 0.324 e. The van der Waals surface area contributed by atoms with Crippen molar-refractivity contribution in [1.82, 2.24) is 4.90 Å². The average Bonchev–Trinajstić information content (AvgIpc) is 3.05. The number of likely N-dealkylation sites (tertiary alicyclic amines) is 1. The van der Waals surface area contributed by atoms with Gasteiger partial charge in [-0.1, -0.05) is 20.8 Å². The maximum atomic E-state index is 13.1. The topological polar surface area (TPSA) is 104 Å². The minimum absolute atomic E-state index is 0.00211. The number of benzene rings is 1. The van der Waals surface area contributed by atoms with Gasteiger partial charge >= 0.3 is 5.97 Å². The van der Waals surface area contributed by atoms with Crippen LogP contribution in [0.4, 0.5) is 11.4 Å². The van der Waals surface area contributed by atoms with Gasteiger partial charge in [-0.3, -0.25) is 24.6 Å². The Balaban J connectivity index is 1.86. The summed E-state index contributed by atoms with van der Waals surface area (Å²) in [6, 6.07) is 4.50. The van der Waals surface area contributed by atoms with Gasteiger partial charge < -0.3 is 10.0 Å². The number of amides is 1. The van der Waals surface area contributed by atoms with E-state index in [0.29, 0.717) is 35.8 Å². The van der Waals surface area contributed by atoms with E-state index in [2.05, 4.69) is 0 Å². The summed E-state index contributed by atoms with van der Waals surface area (Å²) in [6.07, 6.45) is 1.24. The van der Waals surface area contributed by atoms with Crippen LogP contribution in [0, 0.1) is 15.5 Å². The van der Waals surface area contributed by atoms with Gasteiger partial charge in [-0.15, -0.1) is 11.8 Å². The molecular weight excluding hydrogens is 382 g/mol. The summed E-state index contributed by atoms with van der Waals surface area (Å²) >= 11 is 1.49. The first-order valence-corrected chi connectivity index (χ1v) is 10.3. The molecule has 0 aliphatic carbocycles. The number of carboxylic acids is 1. The fraction of sp³-hybridized carbons (Fsp3) is 0.579. The number of hydrogen-bond donors (Lipinski definition) is 1. The molecule has 152 valence electrons. The lowest BCUT2D eigenvalue weighted by Gasteiger charge is -2.45. The Morgan fingerprint density at radius 2 is 2.04 bits per heavy atom. The highest BCUT2D eigenvalue weighted by Crippen LogP contribution is 2.44. The first kappa shape index (κ1) is 20.6. The molecular formula is C19H25N3O5S. The second-order valence-electron chi connectivity index (χ2n) is 8.24. The highest BCUT2D eigenvalue weighted by atomic mass is 32.2. The van der Waals surface area contributed by atoms with E-state index in [1.54, 1.807) is 15.9 Å². The number of aliphatic carboxylic acids is 1. The molecule has 1 N–H and O–H groups in total. The highest BCUT2D eigenvalue weighted by molar-refractivity contribution is 7.99. The molecule has 1 aromatic carbocycles. The van der Waals surface area contributed by atoms with Crippen LogP contribution in [0.25, 0.3) is 0 Å². The Morgan fingerprint density at radius 3 is 2.64 bits per heavy atom. The van der Waals surface area contributed by atoms with Crippen LogP contribution in [0.2, 0.25) is 0 Å². The number of thioether (sulfide) groups is 1. The number of anilines is 1. The molecule has 9 heteroatoms. The zero-order chi connectivity index (χ0) is 20.7. The lowest BCUT2D eigenvalue weighted by atomic mass is 9.71. The summed E-state index contributed by atoms with van der Waals surface area (Å²) < 4.78 is 0. The molecule has 2 heterocycles. The van der Waals surface area contributed by atoms with Gasteiger partial charge in [0.15, 0.2) is 0 Å². The number of carboxylic acid groups (broad SMARTS) is 1. The van der Waals surface area contributed by atoms with Crippen LogP contribution < -0.4 is 4.90 Å². The van der Waals surface area contributed by atoms with E-state index >= 15 is 0 Å². The fourth-order valence-corrected chi connectivity index (χ4v) is 5.36. The number of nitrogens with zero attached hydrogens (tertiary/aromatic N) is 3. The molecule has 0 unspecified atom stereocenters. The number of fused-ring (bicyclic) bond motifs is 1. The van der Waals surface area contributed by atoms with E-state index in [1.165, 1.54) is 23.9 Å². The molecule has 0 aromatic heterocycles. The molecule has 1 aromatic rings. The summed E-state index contributed by atoms with van der Waals surface area (Å²) in [5.41, 5.74) is -0.947. The standard InChI is InChI=1S/C19H25N3O5S/c1-18(2,3)19(17(24)25)7-4-8-20(19)12-16(23)21-9-10-28-15-11-13(22(26)27)5-6-14(15)21/h5-6,11H,4,7-10,12H2,1-3H3,(H,24,25)/t19-/m1/s1. The van der Waals surface area contributed by atoms with Gasteiger partial charge in [0.25, 0.3) is 5.69 Å². The SMILES string of the molecule is CC(C)(C)[C@]1(C(=O)O)CCCN1CC(=O)N1CCSc2cc([N+](=O)[O-])ccc21. The summed E-state index contributed by atoms with van der Waals surface area (Å²) in [5, 5.41) is 21.0. The number of nitro benzene ring substituents is 1. The van der Waals surface area contributed by atoms with E-state index in [1.807, 2.05) is 20.8 Å². The fourth-order valence-electron chi connectivity index (χ4n) is 4.33. The van der Waals surface area contributed by atoms with E-state index in [9.17, 15) is 24.8 Å². The van der Waals surface area contributed by atoms with Crippen LogP contribution in [0.3, 0.4) is 0 Å². The Labute approximate surface area is 168 Å². The van der Waals surface area contributed by atoms with Crippen molar-refractivity contribution in [3.8, 4) is 0 Å². The Morgan fingerprint density at radius 1 is 1.32 bits per heavy atom. The largest absolute Gasteiger partial charge is 0.480 e. The Kier molecular flexibility index (Phi) is 5.42. The van der Waals surface area contributed by atoms with Gasteiger partial charge in [0.1, 0.15) is 5.54 Å². The van der Waals surface area contributed by atoms with Crippen molar-refractivity contribution in [2.75, 3.05) is 30.3 Å². The van der Waals surface area contributed by atoms with Crippen molar-refractivity contribution in [2.45, 2.75) is 44.0 Å². The Bertz CT molecular complexity index is 822. The second kappa shape index (κ2) is 7.36. The zero-order valence-corrected chi connectivity index (χ0v) is 17.1. The lowest BCUT2D eigenvalue weighted by molar-refractivity contribution is -0.385. The van der Waals surface area contributed by atoms with Crippen LogP contribution in [-0.2, 0) is 9.59 Å². The molecule has 8 nitrogen and oxygen atoms in total.